The Morgan fingerprint density at radius 2 is 2.33 bits per heavy atom. The zero-order chi connectivity index (χ0) is 14.8. The fraction of sp³-hybridized carbons (Fsp3) is 0.533. The number of carbonyl (C=O) groups excluding carboxylic acids is 1. The van der Waals surface area contributed by atoms with Gasteiger partial charge in [0, 0.05) is 19.5 Å². The molecule has 0 aliphatic carbocycles. The zero-order valence-corrected chi connectivity index (χ0v) is 12.3. The zero-order valence-electron chi connectivity index (χ0n) is 12.3. The van der Waals surface area contributed by atoms with Crippen LogP contribution in [0.5, 0.6) is 0 Å². The van der Waals surface area contributed by atoms with Crippen LogP contribution in [0.2, 0.25) is 0 Å². The van der Waals surface area contributed by atoms with Crippen molar-refractivity contribution in [1.29, 1.82) is 0 Å². The van der Waals surface area contributed by atoms with E-state index in [0.29, 0.717) is 18.2 Å². The Morgan fingerprint density at radius 1 is 1.48 bits per heavy atom. The van der Waals surface area contributed by atoms with Crippen molar-refractivity contribution in [1.82, 2.24) is 15.0 Å². The third kappa shape index (κ3) is 2.84. The van der Waals surface area contributed by atoms with Crippen molar-refractivity contribution in [2.24, 2.45) is 0 Å². The number of rotatable bonds is 3. The van der Waals surface area contributed by atoms with Gasteiger partial charge in [0.1, 0.15) is 5.76 Å². The van der Waals surface area contributed by atoms with Crippen LogP contribution in [0, 0.1) is 6.92 Å². The molecule has 1 aliphatic heterocycles. The maximum Gasteiger partial charge on any atom is 0.289 e. The van der Waals surface area contributed by atoms with Gasteiger partial charge < -0.3 is 13.8 Å². The summed E-state index contributed by atoms with van der Waals surface area (Å²) in [6.45, 7) is 5.17. The Balaban J connectivity index is 1.72. The van der Waals surface area contributed by atoms with Crippen LogP contribution >= 0.6 is 0 Å². The molecule has 3 heterocycles. The Kier molecular flexibility index (Phi) is 3.77. The molecule has 0 spiro atoms. The highest BCUT2D eigenvalue weighted by molar-refractivity contribution is 5.91. The summed E-state index contributed by atoms with van der Waals surface area (Å²) in [6.07, 6.45) is 2.65. The molecule has 6 heteroatoms. The highest BCUT2D eigenvalue weighted by atomic mass is 16.5. The van der Waals surface area contributed by atoms with Crippen LogP contribution in [0.1, 0.15) is 53.7 Å². The van der Waals surface area contributed by atoms with Crippen molar-refractivity contribution >= 4 is 5.91 Å². The van der Waals surface area contributed by atoms with E-state index in [2.05, 4.69) is 10.1 Å². The molecule has 1 atom stereocenters. The number of nitrogens with zero attached hydrogens (tertiary/aromatic N) is 3. The second-order valence-electron chi connectivity index (χ2n) is 5.40. The van der Waals surface area contributed by atoms with Crippen molar-refractivity contribution in [3.63, 3.8) is 0 Å². The Morgan fingerprint density at radius 3 is 3.00 bits per heavy atom. The van der Waals surface area contributed by atoms with Crippen molar-refractivity contribution in [2.75, 3.05) is 13.1 Å². The standard InChI is InChI=1S/C15H19N3O3/c1-3-13-16-14(21-17-13)11-5-4-8-18(9-11)15(19)12-7-6-10(2)20-12/h6-7,11H,3-5,8-9H2,1-2H3/t11-/m0/s1. The number of likely N-dealkylation sites (tertiary alicyclic amines) is 1. The lowest BCUT2D eigenvalue weighted by molar-refractivity contribution is 0.0662. The van der Waals surface area contributed by atoms with Crippen LogP contribution in [0.3, 0.4) is 0 Å². The highest BCUT2D eigenvalue weighted by Gasteiger charge is 2.29. The molecule has 0 saturated carbocycles. The monoisotopic (exact) mass is 289 g/mol. The maximum absolute atomic E-state index is 12.4. The number of hydrogen-bond acceptors (Lipinski definition) is 5. The van der Waals surface area contributed by atoms with Crippen molar-refractivity contribution in [3.8, 4) is 0 Å². The van der Waals surface area contributed by atoms with Crippen LogP contribution in [-0.2, 0) is 6.42 Å². The first-order valence-corrected chi connectivity index (χ1v) is 7.35. The third-order valence-electron chi connectivity index (χ3n) is 3.81. The molecular formula is C15H19N3O3. The summed E-state index contributed by atoms with van der Waals surface area (Å²) < 4.78 is 10.7. The van der Waals surface area contributed by atoms with E-state index in [1.807, 2.05) is 18.7 Å². The summed E-state index contributed by atoms with van der Waals surface area (Å²) in [5.74, 6) is 2.55. The smallest absolute Gasteiger partial charge is 0.289 e. The molecule has 112 valence electrons. The fourth-order valence-electron chi connectivity index (χ4n) is 2.65. The van der Waals surface area contributed by atoms with Gasteiger partial charge >= 0.3 is 0 Å². The minimum Gasteiger partial charge on any atom is -0.456 e. The van der Waals surface area contributed by atoms with E-state index < -0.39 is 0 Å². The molecule has 0 radical (unpaired) electrons. The van der Waals surface area contributed by atoms with Crippen LogP contribution in [-0.4, -0.2) is 34.0 Å². The Labute approximate surface area is 123 Å². The summed E-state index contributed by atoms with van der Waals surface area (Å²) in [5.41, 5.74) is 0. The number of piperidine rings is 1. The summed E-state index contributed by atoms with van der Waals surface area (Å²) in [6, 6.07) is 3.53. The van der Waals surface area contributed by atoms with Gasteiger partial charge in [0.2, 0.25) is 5.89 Å². The van der Waals surface area contributed by atoms with Crippen molar-refractivity contribution in [3.05, 3.63) is 35.4 Å². The number of aromatic nitrogens is 2. The van der Waals surface area contributed by atoms with Crippen LogP contribution in [0.15, 0.2) is 21.1 Å². The number of hydrogen-bond donors (Lipinski definition) is 0. The predicted molar refractivity (Wildman–Crippen MR) is 75.0 cm³/mol. The second-order valence-corrected chi connectivity index (χ2v) is 5.40. The topological polar surface area (TPSA) is 72.4 Å². The van der Waals surface area contributed by atoms with Crippen LogP contribution < -0.4 is 0 Å². The van der Waals surface area contributed by atoms with Gasteiger partial charge in [-0.1, -0.05) is 12.1 Å². The van der Waals surface area contributed by atoms with E-state index in [9.17, 15) is 4.79 Å². The number of carbonyl (C=O) groups is 1. The first kappa shape index (κ1) is 13.9. The number of furan rings is 1. The highest BCUT2D eigenvalue weighted by Crippen LogP contribution is 2.27. The molecular weight excluding hydrogens is 270 g/mol. The predicted octanol–water partition coefficient (Wildman–Crippen LogP) is 2.55. The second kappa shape index (κ2) is 5.71. The molecule has 1 saturated heterocycles. The molecule has 21 heavy (non-hydrogen) atoms. The molecule has 1 fully saturated rings. The first-order chi connectivity index (χ1) is 10.2. The van der Waals surface area contributed by atoms with Gasteiger partial charge in [-0.25, -0.2) is 0 Å². The maximum atomic E-state index is 12.4. The molecule has 3 rings (SSSR count). The first-order valence-electron chi connectivity index (χ1n) is 7.35. The molecule has 2 aromatic rings. The summed E-state index contributed by atoms with van der Waals surface area (Å²) in [5, 5.41) is 3.93. The fourth-order valence-corrected chi connectivity index (χ4v) is 2.65. The molecule has 0 bridgehead atoms. The van der Waals surface area contributed by atoms with E-state index in [0.717, 1.165) is 37.4 Å². The van der Waals surface area contributed by atoms with Crippen LogP contribution in [0.4, 0.5) is 0 Å². The molecule has 2 aromatic heterocycles. The van der Waals surface area contributed by atoms with E-state index in [-0.39, 0.29) is 11.8 Å². The van der Waals surface area contributed by atoms with Gasteiger partial charge in [-0.3, -0.25) is 4.79 Å². The van der Waals surface area contributed by atoms with Crippen molar-refractivity contribution < 1.29 is 13.7 Å². The number of aryl methyl sites for hydroxylation is 2. The number of amides is 1. The molecule has 1 aliphatic rings. The van der Waals surface area contributed by atoms with Gasteiger partial charge in [-0.05, 0) is 31.9 Å². The average Bonchev–Trinajstić information content (AvgIpc) is 3.15. The lowest BCUT2D eigenvalue weighted by Crippen LogP contribution is -2.39. The van der Waals surface area contributed by atoms with Gasteiger partial charge in [-0.15, -0.1) is 0 Å². The molecule has 0 N–H and O–H groups in total. The molecule has 0 unspecified atom stereocenters. The lowest BCUT2D eigenvalue weighted by atomic mass is 9.98. The van der Waals surface area contributed by atoms with E-state index in [1.54, 1.807) is 12.1 Å². The quantitative estimate of drug-likeness (QED) is 0.868. The SMILES string of the molecule is CCc1noc([C@H]2CCCN(C(=O)c3ccc(C)o3)C2)n1. The Hall–Kier alpha value is -2.11. The largest absolute Gasteiger partial charge is 0.456 e. The summed E-state index contributed by atoms with van der Waals surface area (Å²) in [4.78, 5) is 18.6. The van der Waals surface area contributed by atoms with E-state index >= 15 is 0 Å². The summed E-state index contributed by atoms with van der Waals surface area (Å²) in [7, 11) is 0. The molecule has 1 amide bonds. The summed E-state index contributed by atoms with van der Waals surface area (Å²) >= 11 is 0. The normalized spacial score (nSPS) is 19.0. The van der Waals surface area contributed by atoms with Crippen LogP contribution in [0.25, 0.3) is 0 Å². The third-order valence-corrected chi connectivity index (χ3v) is 3.81. The van der Waals surface area contributed by atoms with E-state index in [1.165, 1.54) is 0 Å². The van der Waals surface area contributed by atoms with Gasteiger partial charge in [-0.2, -0.15) is 4.98 Å². The van der Waals surface area contributed by atoms with Gasteiger partial charge in [0.15, 0.2) is 11.6 Å². The molecule has 0 aromatic carbocycles. The van der Waals surface area contributed by atoms with Gasteiger partial charge in [0.05, 0.1) is 5.92 Å². The minimum absolute atomic E-state index is 0.0666. The molecule has 6 nitrogen and oxygen atoms in total. The average molecular weight is 289 g/mol. The minimum atomic E-state index is -0.0666. The van der Waals surface area contributed by atoms with E-state index in [4.69, 9.17) is 8.94 Å². The van der Waals surface area contributed by atoms with Gasteiger partial charge in [0.25, 0.3) is 5.91 Å². The van der Waals surface area contributed by atoms with Crippen molar-refractivity contribution in [2.45, 2.75) is 39.0 Å². The lowest BCUT2D eigenvalue weighted by Gasteiger charge is -2.30. The Bertz CT molecular complexity index is 632.